The molecule has 0 aliphatic carbocycles. The zero-order valence-corrected chi connectivity index (χ0v) is 11.0. The highest BCUT2D eigenvalue weighted by Crippen LogP contribution is 2.29. The smallest absolute Gasteiger partial charge is 0.321 e. The Morgan fingerprint density at radius 1 is 1.33 bits per heavy atom. The van der Waals surface area contributed by atoms with E-state index in [-0.39, 0.29) is 6.04 Å². The van der Waals surface area contributed by atoms with Gasteiger partial charge in [0.25, 0.3) is 0 Å². The van der Waals surface area contributed by atoms with Gasteiger partial charge in [-0.3, -0.25) is 0 Å². The Morgan fingerprint density at radius 3 is 2.78 bits per heavy atom. The molecule has 0 spiro atoms. The number of aromatic nitrogens is 2. The topological polar surface area (TPSA) is 60.2 Å². The van der Waals surface area contributed by atoms with Crippen LogP contribution in [0.15, 0.2) is 22.7 Å². The Morgan fingerprint density at radius 2 is 2.11 bits per heavy atom. The van der Waals surface area contributed by atoms with Crippen molar-refractivity contribution in [1.82, 2.24) is 10.1 Å². The minimum absolute atomic E-state index is 0.248. The molecule has 2 aromatic rings. The molecule has 1 aromatic carbocycles. The summed E-state index contributed by atoms with van der Waals surface area (Å²) in [4.78, 5) is 4.29. The molecule has 0 atom stereocenters. The lowest BCUT2D eigenvalue weighted by Crippen LogP contribution is -2.09. The molecule has 1 aromatic heterocycles. The lowest BCUT2D eigenvalue weighted by Gasteiger charge is -2.05. The Balaban J connectivity index is 2.33. The molecule has 0 aliphatic heterocycles. The van der Waals surface area contributed by atoms with Gasteiger partial charge in [0.1, 0.15) is 5.75 Å². The predicted octanol–water partition coefficient (Wildman–Crippen LogP) is 2.87. The van der Waals surface area contributed by atoms with Gasteiger partial charge in [-0.05, 0) is 38.5 Å². The van der Waals surface area contributed by atoms with E-state index in [1.807, 2.05) is 39.0 Å². The number of nitrogens with one attached hydrogen (secondary N) is 1. The van der Waals surface area contributed by atoms with Crippen molar-refractivity contribution < 1.29 is 9.26 Å². The molecule has 0 saturated heterocycles. The summed E-state index contributed by atoms with van der Waals surface area (Å²) in [5, 5.41) is 7.01. The maximum absolute atomic E-state index is 5.33. The van der Waals surface area contributed by atoms with Crippen molar-refractivity contribution in [3.05, 3.63) is 23.8 Å². The molecule has 1 heterocycles. The summed E-state index contributed by atoms with van der Waals surface area (Å²) in [5.41, 5.74) is 1.95. The summed E-state index contributed by atoms with van der Waals surface area (Å²) in [6.45, 7) is 6.03. The first kappa shape index (κ1) is 12.4. The van der Waals surface area contributed by atoms with Gasteiger partial charge in [-0.1, -0.05) is 11.2 Å². The quantitative estimate of drug-likeness (QED) is 0.900. The Labute approximate surface area is 106 Å². The van der Waals surface area contributed by atoms with Crippen molar-refractivity contribution in [3.63, 3.8) is 0 Å². The highest BCUT2D eigenvalue weighted by Gasteiger charge is 2.13. The van der Waals surface area contributed by atoms with Crippen LogP contribution in [-0.2, 0) is 0 Å². The summed E-state index contributed by atoms with van der Waals surface area (Å²) in [6, 6.07) is 6.53. The van der Waals surface area contributed by atoms with Gasteiger partial charge in [-0.25, -0.2) is 0 Å². The molecule has 0 amide bonds. The SMILES string of the molecule is COc1cc(C)ccc1-c1noc(NC(C)C)n1. The Kier molecular flexibility index (Phi) is 3.50. The summed E-state index contributed by atoms with van der Waals surface area (Å²) in [6.07, 6.45) is 0. The molecular weight excluding hydrogens is 230 g/mol. The fraction of sp³-hybridized carbons (Fsp3) is 0.385. The number of benzene rings is 1. The summed E-state index contributed by atoms with van der Waals surface area (Å²) in [7, 11) is 1.63. The molecule has 0 bridgehead atoms. The van der Waals surface area contributed by atoms with Crippen LogP contribution in [0.2, 0.25) is 0 Å². The summed E-state index contributed by atoms with van der Waals surface area (Å²) < 4.78 is 10.5. The fourth-order valence-electron chi connectivity index (χ4n) is 1.62. The third kappa shape index (κ3) is 2.61. The average molecular weight is 247 g/mol. The Hall–Kier alpha value is -2.04. The van der Waals surface area contributed by atoms with E-state index < -0.39 is 0 Å². The molecule has 0 saturated carbocycles. The minimum Gasteiger partial charge on any atom is -0.496 e. The van der Waals surface area contributed by atoms with E-state index in [1.54, 1.807) is 7.11 Å². The molecule has 0 unspecified atom stereocenters. The standard InChI is InChI=1S/C13H17N3O2/c1-8(2)14-13-15-12(16-18-13)10-6-5-9(3)7-11(10)17-4/h5-8H,1-4H3,(H,14,15,16). The number of ether oxygens (including phenoxy) is 1. The molecule has 5 nitrogen and oxygen atoms in total. The molecule has 0 aliphatic rings. The zero-order valence-electron chi connectivity index (χ0n) is 11.0. The van der Waals surface area contributed by atoms with E-state index >= 15 is 0 Å². The number of aryl methyl sites for hydroxylation is 1. The van der Waals surface area contributed by atoms with E-state index in [4.69, 9.17) is 9.26 Å². The summed E-state index contributed by atoms with van der Waals surface area (Å²) in [5.74, 6) is 1.27. The van der Waals surface area contributed by atoms with Crippen LogP contribution in [0, 0.1) is 6.92 Å². The normalized spacial score (nSPS) is 10.7. The highest BCUT2D eigenvalue weighted by atomic mass is 16.5. The monoisotopic (exact) mass is 247 g/mol. The van der Waals surface area contributed by atoms with Gasteiger partial charge in [0.15, 0.2) is 0 Å². The fourth-order valence-corrected chi connectivity index (χ4v) is 1.62. The van der Waals surface area contributed by atoms with Crippen molar-refractivity contribution in [2.24, 2.45) is 0 Å². The molecule has 0 radical (unpaired) electrons. The maximum Gasteiger partial charge on any atom is 0.321 e. The predicted molar refractivity (Wildman–Crippen MR) is 69.8 cm³/mol. The average Bonchev–Trinajstić information content (AvgIpc) is 2.76. The van der Waals surface area contributed by atoms with E-state index in [0.717, 1.165) is 16.9 Å². The maximum atomic E-state index is 5.33. The van der Waals surface area contributed by atoms with Crippen LogP contribution in [0.1, 0.15) is 19.4 Å². The van der Waals surface area contributed by atoms with Gasteiger partial charge in [0.2, 0.25) is 5.82 Å². The van der Waals surface area contributed by atoms with Crippen LogP contribution < -0.4 is 10.1 Å². The largest absolute Gasteiger partial charge is 0.496 e. The van der Waals surface area contributed by atoms with Crippen LogP contribution in [0.4, 0.5) is 6.01 Å². The van der Waals surface area contributed by atoms with E-state index in [2.05, 4.69) is 15.5 Å². The van der Waals surface area contributed by atoms with Crippen molar-refractivity contribution in [3.8, 4) is 17.1 Å². The van der Waals surface area contributed by atoms with E-state index in [1.165, 1.54) is 0 Å². The molecule has 5 heteroatoms. The molecular formula is C13H17N3O2. The molecule has 0 fully saturated rings. The highest BCUT2D eigenvalue weighted by molar-refractivity contribution is 5.65. The minimum atomic E-state index is 0.248. The van der Waals surface area contributed by atoms with Crippen LogP contribution in [-0.4, -0.2) is 23.3 Å². The van der Waals surface area contributed by atoms with Crippen LogP contribution in [0.25, 0.3) is 11.4 Å². The first-order chi connectivity index (χ1) is 8.60. The van der Waals surface area contributed by atoms with Crippen molar-refractivity contribution in [2.75, 3.05) is 12.4 Å². The van der Waals surface area contributed by atoms with Crippen molar-refractivity contribution in [2.45, 2.75) is 26.8 Å². The second kappa shape index (κ2) is 5.08. The molecule has 2 rings (SSSR count). The van der Waals surface area contributed by atoms with Crippen LogP contribution in [0.3, 0.4) is 0 Å². The van der Waals surface area contributed by atoms with Gasteiger partial charge in [0, 0.05) is 6.04 Å². The van der Waals surface area contributed by atoms with Gasteiger partial charge >= 0.3 is 6.01 Å². The van der Waals surface area contributed by atoms with E-state index in [9.17, 15) is 0 Å². The van der Waals surface area contributed by atoms with Crippen LogP contribution >= 0.6 is 0 Å². The van der Waals surface area contributed by atoms with Gasteiger partial charge in [0.05, 0.1) is 12.7 Å². The number of nitrogens with zero attached hydrogens (tertiary/aromatic N) is 2. The second-order valence-electron chi connectivity index (χ2n) is 4.43. The molecule has 96 valence electrons. The van der Waals surface area contributed by atoms with Crippen molar-refractivity contribution in [1.29, 1.82) is 0 Å². The van der Waals surface area contributed by atoms with Gasteiger partial charge in [-0.15, -0.1) is 0 Å². The van der Waals surface area contributed by atoms with E-state index in [0.29, 0.717) is 11.8 Å². The third-order valence-electron chi connectivity index (χ3n) is 2.44. The zero-order chi connectivity index (χ0) is 13.1. The number of hydrogen-bond donors (Lipinski definition) is 1. The first-order valence-electron chi connectivity index (χ1n) is 5.85. The number of methoxy groups -OCH3 is 1. The van der Waals surface area contributed by atoms with Gasteiger partial charge < -0.3 is 14.6 Å². The first-order valence-corrected chi connectivity index (χ1v) is 5.85. The second-order valence-corrected chi connectivity index (χ2v) is 4.43. The lowest BCUT2D eigenvalue weighted by molar-refractivity contribution is 0.413. The number of anilines is 1. The van der Waals surface area contributed by atoms with Crippen LogP contribution in [0.5, 0.6) is 5.75 Å². The summed E-state index contributed by atoms with van der Waals surface area (Å²) >= 11 is 0. The lowest BCUT2D eigenvalue weighted by atomic mass is 10.1. The Bertz CT molecular complexity index is 535. The third-order valence-corrected chi connectivity index (χ3v) is 2.44. The van der Waals surface area contributed by atoms with Gasteiger partial charge in [-0.2, -0.15) is 4.98 Å². The number of rotatable bonds is 4. The molecule has 18 heavy (non-hydrogen) atoms. The number of hydrogen-bond acceptors (Lipinski definition) is 5. The molecule has 1 N–H and O–H groups in total. The van der Waals surface area contributed by atoms with Crippen molar-refractivity contribution >= 4 is 6.01 Å².